The van der Waals surface area contributed by atoms with Gasteiger partial charge in [0, 0.05) is 5.41 Å². The van der Waals surface area contributed by atoms with Crippen molar-refractivity contribution in [2.75, 3.05) is 0 Å². The molecule has 1 fully saturated rings. The zero-order chi connectivity index (χ0) is 13.4. The van der Waals surface area contributed by atoms with Crippen LogP contribution < -0.4 is 0 Å². The van der Waals surface area contributed by atoms with Crippen LogP contribution in [-0.4, -0.2) is 5.78 Å². The van der Waals surface area contributed by atoms with E-state index in [4.69, 9.17) is 0 Å². The third-order valence-corrected chi connectivity index (χ3v) is 3.35. The van der Waals surface area contributed by atoms with Crippen LogP contribution in [0.4, 0.5) is 0 Å². The maximum atomic E-state index is 11.6. The molecule has 0 aromatic rings. The lowest BCUT2D eigenvalue weighted by atomic mass is 9.89. The van der Waals surface area contributed by atoms with E-state index >= 15 is 0 Å². The van der Waals surface area contributed by atoms with Crippen molar-refractivity contribution in [1.29, 1.82) is 0 Å². The first-order valence-electron chi connectivity index (χ1n) is 7.06. The molecule has 1 nitrogen and oxygen atoms in total. The molecule has 1 heteroatoms. The quantitative estimate of drug-likeness (QED) is 0.512. The highest BCUT2D eigenvalue weighted by Gasteiger charge is 2.17. The van der Waals surface area contributed by atoms with Crippen molar-refractivity contribution in [2.24, 2.45) is 11.3 Å². The van der Waals surface area contributed by atoms with Gasteiger partial charge in [0.25, 0.3) is 0 Å². The molecule has 0 aromatic heterocycles. The van der Waals surface area contributed by atoms with Crippen LogP contribution in [0, 0.1) is 11.3 Å². The Morgan fingerprint density at radius 3 is 2.17 bits per heavy atom. The first-order valence-corrected chi connectivity index (χ1v) is 7.06. The molecule has 0 bridgehead atoms. The summed E-state index contributed by atoms with van der Waals surface area (Å²) in [7, 11) is 0. The highest BCUT2D eigenvalue weighted by Crippen LogP contribution is 2.24. The van der Waals surface area contributed by atoms with Crippen molar-refractivity contribution in [3.63, 3.8) is 0 Å². The Labute approximate surface area is 112 Å². The molecule has 0 amide bonds. The Morgan fingerprint density at radius 2 is 1.56 bits per heavy atom. The van der Waals surface area contributed by atoms with Crippen LogP contribution in [0.3, 0.4) is 0 Å². The second-order valence-corrected chi connectivity index (χ2v) is 6.14. The van der Waals surface area contributed by atoms with Crippen molar-refractivity contribution in [3.8, 4) is 0 Å². The van der Waals surface area contributed by atoms with E-state index in [-0.39, 0.29) is 11.2 Å². The van der Waals surface area contributed by atoms with E-state index in [1.54, 1.807) is 6.08 Å². The summed E-state index contributed by atoms with van der Waals surface area (Å²) in [6, 6.07) is 0. The molecule has 0 aromatic carbocycles. The SMILES string of the molecule is CC(C)(C)C(=O)/C=C/C=C/C=C/C1CCCCC1. The van der Waals surface area contributed by atoms with Gasteiger partial charge >= 0.3 is 0 Å². The smallest absolute Gasteiger partial charge is 0.160 e. The van der Waals surface area contributed by atoms with Crippen LogP contribution in [-0.2, 0) is 4.79 Å². The summed E-state index contributed by atoms with van der Waals surface area (Å²) in [6.45, 7) is 5.81. The molecule has 0 aliphatic heterocycles. The number of hydrogen-bond donors (Lipinski definition) is 0. The first kappa shape index (κ1) is 14.9. The molecule has 0 spiro atoms. The standard InChI is InChI=1S/C17H26O/c1-17(2,3)16(18)14-10-5-4-7-11-15-12-8-6-9-13-15/h4-5,7,10-11,14-15H,6,8-9,12-13H2,1-3H3/b5-4+,11-7+,14-10+. The lowest BCUT2D eigenvalue weighted by Crippen LogP contribution is -2.17. The maximum Gasteiger partial charge on any atom is 0.160 e. The number of hydrogen-bond acceptors (Lipinski definition) is 1. The molecular weight excluding hydrogens is 220 g/mol. The Morgan fingerprint density at radius 1 is 0.944 bits per heavy atom. The van der Waals surface area contributed by atoms with Crippen LogP contribution in [0.2, 0.25) is 0 Å². The third-order valence-electron chi connectivity index (χ3n) is 3.35. The van der Waals surface area contributed by atoms with Gasteiger partial charge in [0.05, 0.1) is 0 Å². The van der Waals surface area contributed by atoms with Crippen molar-refractivity contribution in [2.45, 2.75) is 52.9 Å². The van der Waals surface area contributed by atoms with E-state index in [0.717, 1.165) is 5.92 Å². The Bertz CT molecular complexity index is 333. The van der Waals surface area contributed by atoms with E-state index in [9.17, 15) is 4.79 Å². The van der Waals surface area contributed by atoms with Gasteiger partial charge in [-0.25, -0.2) is 0 Å². The van der Waals surface area contributed by atoms with Crippen molar-refractivity contribution in [1.82, 2.24) is 0 Å². The number of carbonyl (C=O) groups is 1. The van der Waals surface area contributed by atoms with Crippen LogP contribution in [0.5, 0.6) is 0 Å². The van der Waals surface area contributed by atoms with Gasteiger partial charge < -0.3 is 0 Å². The van der Waals surface area contributed by atoms with Crippen LogP contribution in [0.15, 0.2) is 36.5 Å². The molecule has 18 heavy (non-hydrogen) atoms. The van der Waals surface area contributed by atoms with Crippen molar-refractivity contribution >= 4 is 5.78 Å². The molecule has 0 N–H and O–H groups in total. The molecule has 1 saturated carbocycles. The minimum absolute atomic E-state index is 0.170. The van der Waals surface area contributed by atoms with Gasteiger partial charge in [-0.3, -0.25) is 4.79 Å². The van der Waals surface area contributed by atoms with E-state index in [2.05, 4.69) is 12.2 Å². The number of carbonyl (C=O) groups excluding carboxylic acids is 1. The summed E-state index contributed by atoms with van der Waals surface area (Å²) < 4.78 is 0. The molecule has 1 aliphatic carbocycles. The lowest BCUT2D eigenvalue weighted by molar-refractivity contribution is -0.121. The largest absolute Gasteiger partial charge is 0.294 e. The zero-order valence-corrected chi connectivity index (χ0v) is 12.0. The average molecular weight is 246 g/mol. The van der Waals surface area contributed by atoms with Crippen molar-refractivity contribution in [3.05, 3.63) is 36.5 Å². The highest BCUT2D eigenvalue weighted by molar-refractivity contribution is 5.94. The predicted octanol–water partition coefficient (Wildman–Crippen LogP) is 4.85. The Balaban J connectivity index is 2.30. The normalized spacial score (nSPS) is 19.3. The number of ketones is 1. The van der Waals surface area contributed by atoms with Crippen LogP contribution in [0.25, 0.3) is 0 Å². The fourth-order valence-electron chi connectivity index (χ4n) is 2.07. The average Bonchev–Trinajstić information content (AvgIpc) is 2.33. The van der Waals surface area contributed by atoms with Gasteiger partial charge in [0.2, 0.25) is 0 Å². The molecule has 0 radical (unpaired) electrons. The second-order valence-electron chi connectivity index (χ2n) is 6.14. The van der Waals surface area contributed by atoms with Gasteiger partial charge in [0.1, 0.15) is 0 Å². The molecule has 0 unspecified atom stereocenters. The van der Waals surface area contributed by atoms with Gasteiger partial charge in [-0.1, -0.05) is 70.4 Å². The monoisotopic (exact) mass is 246 g/mol. The molecule has 0 saturated heterocycles. The summed E-state index contributed by atoms with van der Waals surface area (Å²) in [5.74, 6) is 0.937. The van der Waals surface area contributed by atoms with Gasteiger partial charge in [-0.15, -0.1) is 0 Å². The minimum Gasteiger partial charge on any atom is -0.294 e. The molecule has 0 atom stereocenters. The van der Waals surface area contributed by atoms with E-state index in [1.807, 2.05) is 39.0 Å². The minimum atomic E-state index is -0.276. The molecule has 0 heterocycles. The van der Waals surface area contributed by atoms with Gasteiger partial charge in [-0.05, 0) is 24.8 Å². The number of rotatable bonds is 4. The van der Waals surface area contributed by atoms with E-state index < -0.39 is 0 Å². The van der Waals surface area contributed by atoms with Crippen LogP contribution >= 0.6 is 0 Å². The van der Waals surface area contributed by atoms with Crippen LogP contribution in [0.1, 0.15) is 52.9 Å². The van der Waals surface area contributed by atoms with E-state index in [1.165, 1.54) is 32.1 Å². The summed E-state index contributed by atoms with van der Waals surface area (Å²) in [6.07, 6.45) is 18.7. The predicted molar refractivity (Wildman–Crippen MR) is 78.5 cm³/mol. The topological polar surface area (TPSA) is 17.1 Å². The first-order chi connectivity index (χ1) is 8.50. The maximum absolute atomic E-state index is 11.6. The zero-order valence-electron chi connectivity index (χ0n) is 12.0. The fourth-order valence-corrected chi connectivity index (χ4v) is 2.07. The molecular formula is C17H26O. The lowest BCUT2D eigenvalue weighted by Gasteiger charge is -2.17. The Hall–Kier alpha value is -1.11. The van der Waals surface area contributed by atoms with E-state index in [0.29, 0.717) is 0 Å². The van der Waals surface area contributed by atoms with Gasteiger partial charge in [-0.2, -0.15) is 0 Å². The molecule has 1 rings (SSSR count). The summed E-state index contributed by atoms with van der Waals surface area (Å²) in [5, 5.41) is 0. The molecule has 1 aliphatic rings. The summed E-state index contributed by atoms with van der Waals surface area (Å²) in [4.78, 5) is 11.6. The van der Waals surface area contributed by atoms with Gasteiger partial charge in [0.15, 0.2) is 5.78 Å². The summed E-state index contributed by atoms with van der Waals surface area (Å²) in [5.41, 5.74) is -0.276. The second kappa shape index (κ2) is 7.35. The number of allylic oxidation sites excluding steroid dienone is 6. The van der Waals surface area contributed by atoms with Crippen molar-refractivity contribution < 1.29 is 4.79 Å². The highest BCUT2D eigenvalue weighted by atomic mass is 16.1. The fraction of sp³-hybridized carbons (Fsp3) is 0.588. The summed E-state index contributed by atoms with van der Waals surface area (Å²) >= 11 is 0. The third kappa shape index (κ3) is 6.00. The molecule has 100 valence electrons. The Kier molecular flexibility index (Phi) is 6.11.